The minimum absolute atomic E-state index is 0.367. The van der Waals surface area contributed by atoms with E-state index in [4.69, 9.17) is 4.74 Å². The summed E-state index contributed by atoms with van der Waals surface area (Å²) in [7, 11) is 1.66. The molecule has 2 nitrogen and oxygen atoms in total. The zero-order valence-electron chi connectivity index (χ0n) is 11.3. The maximum atomic E-state index is 13.4. The van der Waals surface area contributed by atoms with Gasteiger partial charge in [0.1, 0.15) is 11.6 Å². The highest BCUT2D eigenvalue weighted by Gasteiger charge is 2.03. The molecule has 1 N–H and O–H groups in total. The predicted octanol–water partition coefficient (Wildman–Crippen LogP) is 3.40. The number of hydrogen-bond acceptors (Lipinski definition) is 2. The van der Waals surface area contributed by atoms with Gasteiger partial charge in [0.05, 0.1) is 6.61 Å². The lowest BCUT2D eigenvalue weighted by atomic mass is 10.1. The molecule has 0 aliphatic rings. The van der Waals surface area contributed by atoms with Gasteiger partial charge in [0.25, 0.3) is 0 Å². The Labute approximate surface area is 117 Å². The van der Waals surface area contributed by atoms with Gasteiger partial charge in [0, 0.05) is 31.8 Å². The van der Waals surface area contributed by atoms with Gasteiger partial charge >= 0.3 is 0 Å². The Kier molecular flexibility index (Phi) is 5.21. The molecule has 0 saturated carbocycles. The molecule has 2 aromatic carbocycles. The average Bonchev–Trinajstić information content (AvgIpc) is 2.43. The topological polar surface area (TPSA) is 21.3 Å². The first-order valence-electron chi connectivity index (χ1n) is 6.40. The molecule has 20 heavy (non-hydrogen) atoms. The summed E-state index contributed by atoms with van der Waals surface area (Å²) in [5.41, 5.74) is 2.68. The van der Waals surface area contributed by atoms with Crippen molar-refractivity contribution in [1.82, 2.24) is 5.32 Å². The maximum absolute atomic E-state index is 13.4. The van der Waals surface area contributed by atoms with Crippen LogP contribution in [0.3, 0.4) is 0 Å². The SMILES string of the molecule is COCc1ccc(CNCc2ccc(F)cc2F)cc1. The molecule has 0 aromatic heterocycles. The average molecular weight is 277 g/mol. The van der Waals surface area contributed by atoms with Crippen molar-refractivity contribution in [2.24, 2.45) is 0 Å². The molecule has 0 spiro atoms. The van der Waals surface area contributed by atoms with E-state index in [1.807, 2.05) is 24.3 Å². The zero-order valence-corrected chi connectivity index (χ0v) is 11.3. The van der Waals surface area contributed by atoms with Gasteiger partial charge in [-0.1, -0.05) is 30.3 Å². The highest BCUT2D eigenvalue weighted by molar-refractivity contribution is 5.22. The van der Waals surface area contributed by atoms with Crippen LogP contribution in [0.4, 0.5) is 8.78 Å². The van der Waals surface area contributed by atoms with Crippen molar-refractivity contribution >= 4 is 0 Å². The lowest BCUT2D eigenvalue weighted by Crippen LogP contribution is -2.13. The van der Waals surface area contributed by atoms with Gasteiger partial charge in [0.15, 0.2) is 0 Å². The summed E-state index contributed by atoms with van der Waals surface area (Å²) < 4.78 is 31.2. The number of methoxy groups -OCH3 is 1. The van der Waals surface area contributed by atoms with Gasteiger partial charge in [-0.25, -0.2) is 8.78 Å². The summed E-state index contributed by atoms with van der Waals surface area (Å²) in [4.78, 5) is 0. The Bertz CT molecular complexity index is 555. The first-order chi connectivity index (χ1) is 9.69. The van der Waals surface area contributed by atoms with Gasteiger partial charge in [0.2, 0.25) is 0 Å². The van der Waals surface area contributed by atoms with Crippen molar-refractivity contribution in [3.63, 3.8) is 0 Å². The smallest absolute Gasteiger partial charge is 0.130 e. The van der Waals surface area contributed by atoms with Crippen LogP contribution in [0.1, 0.15) is 16.7 Å². The summed E-state index contributed by atoms with van der Waals surface area (Å²) in [5, 5.41) is 3.14. The largest absolute Gasteiger partial charge is 0.380 e. The summed E-state index contributed by atoms with van der Waals surface area (Å²) >= 11 is 0. The van der Waals surface area contributed by atoms with Crippen molar-refractivity contribution in [1.29, 1.82) is 0 Å². The van der Waals surface area contributed by atoms with Crippen LogP contribution in [0, 0.1) is 11.6 Å². The summed E-state index contributed by atoms with van der Waals surface area (Å²) in [6, 6.07) is 11.6. The van der Waals surface area contributed by atoms with Crippen LogP contribution in [0.5, 0.6) is 0 Å². The van der Waals surface area contributed by atoms with E-state index >= 15 is 0 Å². The van der Waals surface area contributed by atoms with Gasteiger partial charge in [-0.2, -0.15) is 0 Å². The number of halogens is 2. The fraction of sp³-hybridized carbons (Fsp3) is 0.250. The third-order valence-electron chi connectivity index (χ3n) is 2.99. The molecule has 0 fully saturated rings. The lowest BCUT2D eigenvalue weighted by Gasteiger charge is -2.07. The molecule has 0 atom stereocenters. The molecule has 0 heterocycles. The van der Waals surface area contributed by atoms with E-state index in [0.29, 0.717) is 25.3 Å². The van der Waals surface area contributed by atoms with Gasteiger partial charge in [-0.15, -0.1) is 0 Å². The van der Waals surface area contributed by atoms with Crippen molar-refractivity contribution in [3.05, 3.63) is 70.8 Å². The van der Waals surface area contributed by atoms with Crippen molar-refractivity contribution in [2.45, 2.75) is 19.7 Å². The van der Waals surface area contributed by atoms with E-state index in [-0.39, 0.29) is 0 Å². The fourth-order valence-electron chi connectivity index (χ4n) is 1.93. The Hall–Kier alpha value is -1.78. The summed E-state index contributed by atoms with van der Waals surface area (Å²) in [6.45, 7) is 1.59. The first-order valence-corrected chi connectivity index (χ1v) is 6.40. The van der Waals surface area contributed by atoms with Crippen LogP contribution >= 0.6 is 0 Å². The van der Waals surface area contributed by atoms with Gasteiger partial charge in [-0.05, 0) is 17.2 Å². The first kappa shape index (κ1) is 14.6. The van der Waals surface area contributed by atoms with E-state index in [1.54, 1.807) is 7.11 Å². The third-order valence-corrected chi connectivity index (χ3v) is 2.99. The summed E-state index contributed by atoms with van der Waals surface area (Å²) in [5.74, 6) is -1.08. The van der Waals surface area contributed by atoms with Crippen LogP contribution in [-0.4, -0.2) is 7.11 Å². The van der Waals surface area contributed by atoms with Crippen LogP contribution < -0.4 is 5.32 Å². The molecule has 2 aromatic rings. The molecule has 106 valence electrons. The Morgan fingerprint density at radius 1 is 0.950 bits per heavy atom. The van der Waals surface area contributed by atoms with Crippen molar-refractivity contribution in [2.75, 3.05) is 7.11 Å². The normalized spacial score (nSPS) is 10.8. The molecular weight excluding hydrogens is 260 g/mol. The van der Waals surface area contributed by atoms with Crippen LogP contribution in [0.15, 0.2) is 42.5 Å². The third kappa shape index (κ3) is 4.11. The maximum Gasteiger partial charge on any atom is 0.130 e. The van der Waals surface area contributed by atoms with E-state index in [2.05, 4.69) is 5.32 Å². The van der Waals surface area contributed by atoms with Crippen LogP contribution in [-0.2, 0) is 24.4 Å². The number of hydrogen-bond donors (Lipinski definition) is 1. The Morgan fingerprint density at radius 2 is 1.65 bits per heavy atom. The minimum Gasteiger partial charge on any atom is -0.380 e. The minimum atomic E-state index is -0.556. The molecular formula is C16H17F2NO. The van der Waals surface area contributed by atoms with E-state index in [1.165, 1.54) is 12.1 Å². The van der Waals surface area contributed by atoms with E-state index in [0.717, 1.165) is 17.2 Å². The Morgan fingerprint density at radius 3 is 2.30 bits per heavy atom. The van der Waals surface area contributed by atoms with E-state index < -0.39 is 11.6 Å². The second-order valence-electron chi connectivity index (χ2n) is 4.59. The van der Waals surface area contributed by atoms with Gasteiger partial charge in [-0.3, -0.25) is 0 Å². The van der Waals surface area contributed by atoms with Crippen molar-refractivity contribution < 1.29 is 13.5 Å². The van der Waals surface area contributed by atoms with Crippen molar-refractivity contribution in [3.8, 4) is 0 Å². The highest BCUT2D eigenvalue weighted by atomic mass is 19.1. The number of ether oxygens (including phenoxy) is 1. The quantitative estimate of drug-likeness (QED) is 0.873. The fourth-order valence-corrected chi connectivity index (χ4v) is 1.93. The van der Waals surface area contributed by atoms with E-state index in [9.17, 15) is 8.78 Å². The molecule has 0 aliphatic carbocycles. The number of benzene rings is 2. The van der Waals surface area contributed by atoms with Crippen LogP contribution in [0.25, 0.3) is 0 Å². The molecule has 4 heteroatoms. The highest BCUT2D eigenvalue weighted by Crippen LogP contribution is 2.10. The molecule has 0 unspecified atom stereocenters. The molecule has 0 bridgehead atoms. The molecule has 0 radical (unpaired) electrons. The zero-order chi connectivity index (χ0) is 14.4. The standard InChI is InChI=1S/C16H17F2NO/c1-20-11-13-4-2-12(3-5-13)9-19-10-14-6-7-15(17)8-16(14)18/h2-8,19H,9-11H2,1H3. The lowest BCUT2D eigenvalue weighted by molar-refractivity contribution is 0.185. The monoisotopic (exact) mass is 277 g/mol. The second-order valence-corrected chi connectivity index (χ2v) is 4.59. The molecule has 0 amide bonds. The predicted molar refractivity (Wildman–Crippen MR) is 74.1 cm³/mol. The summed E-state index contributed by atoms with van der Waals surface area (Å²) in [6.07, 6.45) is 0. The number of nitrogens with one attached hydrogen (secondary N) is 1. The second kappa shape index (κ2) is 7.12. The molecule has 0 saturated heterocycles. The Balaban J connectivity index is 1.86. The van der Waals surface area contributed by atoms with Crippen LogP contribution in [0.2, 0.25) is 0 Å². The molecule has 0 aliphatic heterocycles. The van der Waals surface area contributed by atoms with Gasteiger partial charge < -0.3 is 10.1 Å². The number of rotatable bonds is 6. The molecule has 2 rings (SSSR count).